The maximum atomic E-state index is 13.1. The van der Waals surface area contributed by atoms with Crippen molar-refractivity contribution in [3.05, 3.63) is 105 Å². The first-order valence-corrected chi connectivity index (χ1v) is 9.64. The van der Waals surface area contributed by atoms with Gasteiger partial charge in [-0.3, -0.25) is 4.79 Å². The molecule has 0 atom stereocenters. The van der Waals surface area contributed by atoms with Gasteiger partial charge in [0.05, 0.1) is 6.21 Å². The molecule has 5 heteroatoms. The molecule has 1 amide bonds. The Kier molecular flexibility index (Phi) is 6.07. The van der Waals surface area contributed by atoms with Crippen molar-refractivity contribution >= 4 is 28.1 Å². The van der Waals surface area contributed by atoms with E-state index in [1.54, 1.807) is 24.3 Å². The van der Waals surface area contributed by atoms with Gasteiger partial charge in [-0.1, -0.05) is 87.7 Å². The smallest absolute Gasteiger partial charge is 0.281 e. The van der Waals surface area contributed by atoms with Gasteiger partial charge in [-0.2, -0.15) is 5.10 Å². The van der Waals surface area contributed by atoms with Crippen LogP contribution in [0.1, 0.15) is 27.8 Å². The first-order valence-electron chi connectivity index (χ1n) is 8.85. The maximum Gasteiger partial charge on any atom is 0.281 e. The van der Waals surface area contributed by atoms with Crippen molar-refractivity contribution in [2.45, 2.75) is 19.4 Å². The molecule has 0 saturated carbocycles. The lowest BCUT2D eigenvalue weighted by Gasteiger charge is -2.27. The van der Waals surface area contributed by atoms with Crippen molar-refractivity contribution < 1.29 is 9.90 Å². The molecule has 0 bridgehead atoms. The summed E-state index contributed by atoms with van der Waals surface area (Å²) in [5, 5.41) is 15.5. The fourth-order valence-electron chi connectivity index (χ4n) is 2.96. The zero-order valence-corrected chi connectivity index (χ0v) is 17.3. The second kappa shape index (κ2) is 8.50. The highest BCUT2D eigenvalue weighted by molar-refractivity contribution is 9.10. The summed E-state index contributed by atoms with van der Waals surface area (Å²) in [5.74, 6) is -0.614. The Morgan fingerprint density at radius 3 is 2.00 bits per heavy atom. The molecule has 3 rings (SSSR count). The minimum Gasteiger partial charge on any atom is -0.372 e. The zero-order chi connectivity index (χ0) is 20.1. The van der Waals surface area contributed by atoms with Crippen LogP contribution in [0.4, 0.5) is 0 Å². The highest BCUT2D eigenvalue weighted by atomic mass is 79.9. The summed E-state index contributed by atoms with van der Waals surface area (Å²) in [6.45, 7) is 3.84. The number of hydrazone groups is 1. The molecule has 28 heavy (non-hydrogen) atoms. The van der Waals surface area contributed by atoms with E-state index in [2.05, 4.69) is 26.5 Å². The molecule has 3 aromatic rings. The van der Waals surface area contributed by atoms with E-state index in [0.29, 0.717) is 11.1 Å². The van der Waals surface area contributed by atoms with Gasteiger partial charge in [0, 0.05) is 4.47 Å². The summed E-state index contributed by atoms with van der Waals surface area (Å²) in [5.41, 5.74) is 4.37. The lowest BCUT2D eigenvalue weighted by molar-refractivity contribution is -0.136. The van der Waals surface area contributed by atoms with E-state index in [4.69, 9.17) is 0 Å². The molecule has 0 aliphatic heterocycles. The molecule has 0 aliphatic carbocycles. The van der Waals surface area contributed by atoms with Gasteiger partial charge in [0.25, 0.3) is 5.91 Å². The fraction of sp³-hybridized carbons (Fsp3) is 0.130. The quantitative estimate of drug-likeness (QED) is 0.458. The van der Waals surface area contributed by atoms with Crippen molar-refractivity contribution in [3.63, 3.8) is 0 Å². The molecule has 0 spiro atoms. The van der Waals surface area contributed by atoms with E-state index in [-0.39, 0.29) is 0 Å². The Labute approximate surface area is 173 Å². The molecule has 4 nitrogen and oxygen atoms in total. The van der Waals surface area contributed by atoms with Crippen LogP contribution in [0.5, 0.6) is 0 Å². The molecule has 0 radical (unpaired) electrons. The van der Waals surface area contributed by atoms with Crippen LogP contribution >= 0.6 is 15.9 Å². The Morgan fingerprint density at radius 2 is 1.50 bits per heavy atom. The number of hydrogen-bond acceptors (Lipinski definition) is 3. The monoisotopic (exact) mass is 436 g/mol. The van der Waals surface area contributed by atoms with Gasteiger partial charge < -0.3 is 5.11 Å². The van der Waals surface area contributed by atoms with Crippen LogP contribution < -0.4 is 5.43 Å². The fourth-order valence-corrected chi connectivity index (χ4v) is 3.23. The largest absolute Gasteiger partial charge is 0.372 e. The normalized spacial score (nSPS) is 11.6. The number of carbonyl (C=O) groups excluding carboxylic acids is 1. The average molecular weight is 437 g/mol. The van der Waals surface area contributed by atoms with Crippen LogP contribution in [0.3, 0.4) is 0 Å². The molecule has 0 saturated heterocycles. The Balaban J connectivity index is 1.94. The van der Waals surface area contributed by atoms with Crippen LogP contribution in [-0.4, -0.2) is 17.2 Å². The molecule has 3 aromatic carbocycles. The summed E-state index contributed by atoms with van der Waals surface area (Å²) in [7, 11) is 0. The van der Waals surface area contributed by atoms with Crippen LogP contribution in [0.25, 0.3) is 0 Å². The topological polar surface area (TPSA) is 61.7 Å². The van der Waals surface area contributed by atoms with Gasteiger partial charge in [-0.15, -0.1) is 0 Å². The second-order valence-electron chi connectivity index (χ2n) is 6.70. The molecular weight excluding hydrogens is 416 g/mol. The second-order valence-corrected chi connectivity index (χ2v) is 7.62. The maximum absolute atomic E-state index is 13.1. The number of nitrogens with one attached hydrogen (secondary N) is 1. The summed E-state index contributed by atoms with van der Waals surface area (Å²) in [4.78, 5) is 13.1. The van der Waals surface area contributed by atoms with Gasteiger partial charge in [0.2, 0.25) is 0 Å². The average Bonchev–Trinajstić information content (AvgIpc) is 2.68. The van der Waals surface area contributed by atoms with Crippen LogP contribution in [0.2, 0.25) is 0 Å². The standard InChI is InChI=1S/C23H21BrN2O2/c1-16-5-3-7-19(13-16)23(28,20-8-4-6-17(2)14-20)22(27)26-25-15-18-9-11-21(24)12-10-18/h3-15,28H,1-2H3,(H,26,27)/b25-15+. The summed E-state index contributed by atoms with van der Waals surface area (Å²) in [6, 6.07) is 22.1. The minimum atomic E-state index is -1.85. The van der Waals surface area contributed by atoms with E-state index >= 15 is 0 Å². The van der Waals surface area contributed by atoms with Crippen molar-refractivity contribution in [3.8, 4) is 0 Å². The van der Waals surface area contributed by atoms with Gasteiger partial charge >= 0.3 is 0 Å². The third kappa shape index (κ3) is 4.38. The third-order valence-corrected chi connectivity index (χ3v) is 4.98. The first-order chi connectivity index (χ1) is 13.4. The van der Waals surface area contributed by atoms with E-state index in [1.165, 1.54) is 6.21 Å². The summed E-state index contributed by atoms with van der Waals surface area (Å²) in [6.07, 6.45) is 1.54. The number of amides is 1. The molecule has 0 unspecified atom stereocenters. The number of aliphatic hydroxyl groups is 1. The molecule has 0 aliphatic rings. The molecule has 0 heterocycles. The number of aryl methyl sites for hydroxylation is 2. The van der Waals surface area contributed by atoms with Crippen molar-refractivity contribution in [2.75, 3.05) is 0 Å². The van der Waals surface area contributed by atoms with Gasteiger partial charge in [-0.05, 0) is 42.7 Å². The lowest BCUT2D eigenvalue weighted by atomic mass is 9.84. The van der Waals surface area contributed by atoms with E-state index < -0.39 is 11.5 Å². The zero-order valence-electron chi connectivity index (χ0n) is 15.7. The number of carbonyl (C=O) groups is 1. The van der Waals surface area contributed by atoms with E-state index in [9.17, 15) is 9.90 Å². The SMILES string of the molecule is Cc1cccc(C(O)(C(=O)N/N=C/c2ccc(Br)cc2)c2cccc(C)c2)c1. The van der Waals surface area contributed by atoms with Crippen molar-refractivity contribution in [1.82, 2.24) is 5.43 Å². The number of halogens is 1. The highest BCUT2D eigenvalue weighted by Crippen LogP contribution is 2.31. The van der Waals surface area contributed by atoms with Crippen molar-refractivity contribution in [2.24, 2.45) is 5.10 Å². The molecule has 0 fully saturated rings. The summed E-state index contributed by atoms with van der Waals surface area (Å²) >= 11 is 3.38. The predicted octanol–water partition coefficient (Wildman–Crippen LogP) is 4.45. The lowest BCUT2D eigenvalue weighted by Crippen LogP contribution is -2.43. The highest BCUT2D eigenvalue weighted by Gasteiger charge is 2.40. The molecule has 0 aromatic heterocycles. The Hall–Kier alpha value is -2.76. The Bertz CT molecular complexity index is 968. The van der Waals surface area contributed by atoms with Gasteiger partial charge in [0.1, 0.15) is 0 Å². The van der Waals surface area contributed by atoms with Crippen LogP contribution in [-0.2, 0) is 10.4 Å². The Morgan fingerprint density at radius 1 is 0.964 bits per heavy atom. The van der Waals surface area contributed by atoms with Gasteiger partial charge in [-0.25, -0.2) is 5.43 Å². The molecule has 142 valence electrons. The van der Waals surface area contributed by atoms with Crippen molar-refractivity contribution in [1.29, 1.82) is 0 Å². The molecular formula is C23H21BrN2O2. The number of rotatable bonds is 5. The van der Waals surface area contributed by atoms with Crippen LogP contribution in [0, 0.1) is 13.8 Å². The summed E-state index contributed by atoms with van der Waals surface area (Å²) < 4.78 is 0.960. The third-order valence-electron chi connectivity index (χ3n) is 4.45. The van der Waals surface area contributed by atoms with Crippen LogP contribution in [0.15, 0.2) is 82.4 Å². The number of benzene rings is 3. The van der Waals surface area contributed by atoms with E-state index in [1.807, 2.05) is 62.4 Å². The number of nitrogens with zero attached hydrogens (tertiary/aromatic N) is 1. The predicted molar refractivity (Wildman–Crippen MR) is 115 cm³/mol. The minimum absolute atomic E-state index is 0.495. The van der Waals surface area contributed by atoms with E-state index in [0.717, 1.165) is 21.2 Å². The number of hydrogen-bond donors (Lipinski definition) is 2. The van der Waals surface area contributed by atoms with Gasteiger partial charge in [0.15, 0.2) is 5.60 Å². The molecule has 2 N–H and O–H groups in total. The first kappa shape index (κ1) is 20.0.